The van der Waals surface area contributed by atoms with E-state index in [-0.39, 0.29) is 0 Å². The summed E-state index contributed by atoms with van der Waals surface area (Å²) in [6.45, 7) is 1.76. The Labute approximate surface area is 130 Å². The Balaban J connectivity index is 2.43. The number of anilines is 1. The zero-order valence-corrected chi connectivity index (χ0v) is 13.5. The quantitative estimate of drug-likeness (QED) is 0.864. The smallest absolute Gasteiger partial charge is 0.331 e. The van der Waals surface area contributed by atoms with Crippen LogP contribution in [0.2, 0.25) is 0 Å². The molecule has 112 valence electrons. The molecule has 0 aliphatic carbocycles. The van der Waals surface area contributed by atoms with Gasteiger partial charge in [-0.25, -0.2) is 9.48 Å². The summed E-state index contributed by atoms with van der Waals surface area (Å²) in [6.07, 6.45) is 0. The summed E-state index contributed by atoms with van der Waals surface area (Å²) < 4.78 is 7.68. The van der Waals surface area contributed by atoms with Gasteiger partial charge in [0.1, 0.15) is 0 Å². The molecular formula is C14H16BrN3O3. The first kappa shape index (κ1) is 15.4. The van der Waals surface area contributed by atoms with Crippen molar-refractivity contribution >= 4 is 27.6 Å². The van der Waals surface area contributed by atoms with Crippen LogP contribution < -0.4 is 10.1 Å². The number of methoxy groups -OCH3 is 1. The number of hydrogen-bond acceptors (Lipinski definition) is 4. The average Bonchev–Trinajstić information content (AvgIpc) is 2.69. The van der Waals surface area contributed by atoms with Gasteiger partial charge >= 0.3 is 5.97 Å². The second kappa shape index (κ2) is 6.17. The van der Waals surface area contributed by atoms with Gasteiger partial charge in [-0.3, -0.25) is 0 Å². The maximum Gasteiger partial charge on any atom is 0.331 e. The van der Waals surface area contributed by atoms with Gasteiger partial charge in [0.2, 0.25) is 5.88 Å². The minimum Gasteiger partial charge on any atom is -0.481 e. The van der Waals surface area contributed by atoms with Gasteiger partial charge in [0.05, 0.1) is 18.4 Å². The monoisotopic (exact) mass is 353 g/mol. The molecular weight excluding hydrogens is 338 g/mol. The molecule has 2 aromatic rings. The lowest BCUT2D eigenvalue weighted by Gasteiger charge is -2.17. The molecule has 1 unspecified atom stereocenters. The molecule has 0 bridgehead atoms. The third-order valence-electron chi connectivity index (χ3n) is 3.08. The zero-order chi connectivity index (χ0) is 15.6. The minimum absolute atomic E-state index is 0.433. The molecule has 0 aliphatic rings. The number of rotatable bonds is 5. The van der Waals surface area contributed by atoms with Gasteiger partial charge in [-0.2, -0.15) is 5.10 Å². The number of ether oxygens (including phenoxy) is 1. The summed E-state index contributed by atoms with van der Waals surface area (Å²) in [5.41, 5.74) is 1.83. The molecule has 0 amide bonds. The predicted molar refractivity (Wildman–Crippen MR) is 82.6 cm³/mol. The van der Waals surface area contributed by atoms with Crippen molar-refractivity contribution in [2.24, 2.45) is 7.05 Å². The highest BCUT2D eigenvalue weighted by molar-refractivity contribution is 9.10. The van der Waals surface area contributed by atoms with Gasteiger partial charge in [-0.15, -0.1) is 0 Å². The number of aryl methyl sites for hydroxylation is 2. The highest BCUT2D eigenvalue weighted by Crippen LogP contribution is 2.31. The summed E-state index contributed by atoms with van der Waals surface area (Å²) >= 11 is 3.36. The molecule has 0 spiro atoms. The Kier molecular flexibility index (Phi) is 4.52. The fourth-order valence-corrected chi connectivity index (χ4v) is 2.63. The number of nitrogens with zero attached hydrogens (tertiary/aromatic N) is 2. The zero-order valence-electron chi connectivity index (χ0n) is 11.9. The molecule has 0 aliphatic heterocycles. The Hall–Kier alpha value is -2.02. The van der Waals surface area contributed by atoms with Crippen molar-refractivity contribution in [2.45, 2.75) is 13.0 Å². The fourth-order valence-electron chi connectivity index (χ4n) is 2.23. The summed E-state index contributed by atoms with van der Waals surface area (Å²) in [6, 6.07) is 6.38. The lowest BCUT2D eigenvalue weighted by atomic mass is 10.1. The highest BCUT2D eigenvalue weighted by atomic mass is 79.9. The van der Waals surface area contributed by atoms with Crippen molar-refractivity contribution in [2.75, 3.05) is 12.4 Å². The molecule has 6 nitrogen and oxygen atoms in total. The number of nitrogens with one attached hydrogen (secondary N) is 1. The van der Waals surface area contributed by atoms with Gasteiger partial charge in [-0.05, 0) is 25.1 Å². The lowest BCUT2D eigenvalue weighted by molar-refractivity contribution is -0.138. The van der Waals surface area contributed by atoms with Crippen LogP contribution >= 0.6 is 15.9 Å². The Morgan fingerprint density at radius 2 is 2.24 bits per heavy atom. The van der Waals surface area contributed by atoms with E-state index >= 15 is 0 Å². The maximum absolute atomic E-state index is 11.7. The fraction of sp³-hybridized carbons (Fsp3) is 0.286. The molecule has 0 saturated heterocycles. The second-order valence-corrected chi connectivity index (χ2v) is 5.47. The van der Waals surface area contributed by atoms with Crippen LogP contribution in [0.1, 0.15) is 17.3 Å². The Bertz CT molecular complexity index is 669. The van der Waals surface area contributed by atoms with Crippen LogP contribution in [0.4, 0.5) is 5.69 Å². The lowest BCUT2D eigenvalue weighted by Crippen LogP contribution is -2.21. The van der Waals surface area contributed by atoms with Crippen LogP contribution in [-0.4, -0.2) is 28.0 Å². The maximum atomic E-state index is 11.7. The van der Waals surface area contributed by atoms with E-state index < -0.39 is 12.0 Å². The van der Waals surface area contributed by atoms with Gasteiger partial charge in [0, 0.05) is 17.2 Å². The molecule has 21 heavy (non-hydrogen) atoms. The summed E-state index contributed by atoms with van der Waals surface area (Å²) in [4.78, 5) is 11.7. The standard InChI is InChI=1S/C14H16BrN3O3/c1-8-11(13(21-3)18(2)17-8)12(14(19)20)16-10-6-4-5-9(15)7-10/h4-7,12,16H,1-3H3,(H,19,20). The minimum atomic E-state index is -0.996. The molecule has 2 N–H and O–H groups in total. The molecule has 1 aromatic heterocycles. The van der Waals surface area contributed by atoms with E-state index in [1.54, 1.807) is 20.0 Å². The van der Waals surface area contributed by atoms with E-state index in [0.717, 1.165) is 4.47 Å². The Morgan fingerprint density at radius 1 is 1.52 bits per heavy atom. The summed E-state index contributed by atoms with van der Waals surface area (Å²) in [7, 11) is 3.21. The average molecular weight is 354 g/mol. The van der Waals surface area contributed by atoms with E-state index in [1.165, 1.54) is 11.8 Å². The number of carboxylic acids is 1. The van der Waals surface area contributed by atoms with Crippen LogP contribution in [0.15, 0.2) is 28.7 Å². The van der Waals surface area contributed by atoms with Crippen molar-refractivity contribution in [3.05, 3.63) is 40.0 Å². The van der Waals surface area contributed by atoms with E-state index in [1.807, 2.05) is 18.2 Å². The number of carboxylic acid groups (broad SMARTS) is 1. The topological polar surface area (TPSA) is 76.4 Å². The van der Waals surface area contributed by atoms with Crippen molar-refractivity contribution < 1.29 is 14.6 Å². The number of benzene rings is 1. The van der Waals surface area contributed by atoms with Gasteiger partial charge in [0.25, 0.3) is 0 Å². The van der Waals surface area contributed by atoms with Gasteiger partial charge < -0.3 is 15.2 Å². The number of halogens is 1. The van der Waals surface area contributed by atoms with Crippen LogP contribution in [0.5, 0.6) is 5.88 Å². The predicted octanol–water partition coefficient (Wildman–Crippen LogP) is 2.74. The third-order valence-corrected chi connectivity index (χ3v) is 3.57. The number of aliphatic carboxylic acids is 1. The van der Waals surface area contributed by atoms with E-state index in [0.29, 0.717) is 22.8 Å². The normalized spacial score (nSPS) is 12.0. The largest absolute Gasteiger partial charge is 0.481 e. The van der Waals surface area contributed by atoms with Crippen molar-refractivity contribution in [1.29, 1.82) is 0 Å². The number of carbonyl (C=O) groups is 1. The molecule has 1 heterocycles. The van der Waals surface area contributed by atoms with Gasteiger partial charge in [0.15, 0.2) is 6.04 Å². The van der Waals surface area contributed by atoms with Crippen LogP contribution in [0.3, 0.4) is 0 Å². The number of aromatic nitrogens is 2. The summed E-state index contributed by atoms with van der Waals surface area (Å²) in [5, 5.41) is 16.8. The third kappa shape index (κ3) is 3.18. The van der Waals surface area contributed by atoms with Crippen molar-refractivity contribution in [3.8, 4) is 5.88 Å². The second-order valence-electron chi connectivity index (χ2n) is 4.56. The first-order valence-electron chi connectivity index (χ1n) is 6.26. The molecule has 1 atom stereocenters. The first-order valence-corrected chi connectivity index (χ1v) is 7.05. The summed E-state index contributed by atoms with van der Waals surface area (Å²) in [5.74, 6) is -0.563. The molecule has 0 radical (unpaired) electrons. The van der Waals surface area contributed by atoms with Crippen LogP contribution in [0.25, 0.3) is 0 Å². The van der Waals surface area contributed by atoms with Gasteiger partial charge in [-0.1, -0.05) is 22.0 Å². The van der Waals surface area contributed by atoms with E-state index in [4.69, 9.17) is 4.74 Å². The molecule has 7 heteroatoms. The molecule has 0 saturated carbocycles. The molecule has 2 rings (SSSR count). The van der Waals surface area contributed by atoms with Crippen molar-refractivity contribution in [3.63, 3.8) is 0 Å². The number of hydrogen-bond donors (Lipinski definition) is 2. The van der Waals surface area contributed by atoms with Crippen LogP contribution in [-0.2, 0) is 11.8 Å². The van der Waals surface area contributed by atoms with E-state index in [9.17, 15) is 9.90 Å². The van der Waals surface area contributed by atoms with Crippen molar-refractivity contribution in [1.82, 2.24) is 9.78 Å². The SMILES string of the molecule is COc1c(C(Nc2cccc(Br)c2)C(=O)O)c(C)nn1C. The van der Waals surface area contributed by atoms with Crippen LogP contribution in [0, 0.1) is 6.92 Å². The molecule has 0 fully saturated rings. The molecule has 1 aromatic carbocycles. The first-order chi connectivity index (χ1) is 9.93. The highest BCUT2D eigenvalue weighted by Gasteiger charge is 2.29. The van der Waals surface area contributed by atoms with E-state index in [2.05, 4.69) is 26.3 Å². The Morgan fingerprint density at radius 3 is 2.81 bits per heavy atom.